The van der Waals surface area contributed by atoms with Crippen LogP contribution in [0.15, 0.2) is 28.9 Å². The molecule has 28 heavy (non-hydrogen) atoms. The molecule has 0 N–H and O–H groups in total. The number of carbonyl (C=O) groups excluding carboxylic acids is 1. The van der Waals surface area contributed by atoms with E-state index in [4.69, 9.17) is 4.52 Å². The minimum absolute atomic E-state index is 0.183. The van der Waals surface area contributed by atoms with Crippen molar-refractivity contribution in [3.05, 3.63) is 41.9 Å². The molecule has 0 spiro atoms. The number of nitrogens with zero attached hydrogens (tertiary/aromatic N) is 6. The predicted octanol–water partition coefficient (Wildman–Crippen LogP) is 2.96. The van der Waals surface area contributed by atoms with E-state index in [-0.39, 0.29) is 17.7 Å². The SMILES string of the molecule is CC(C)c1noc(CCCC(=O)N2CCCC(c3nnc4ccccn34)C2)n1. The van der Waals surface area contributed by atoms with E-state index in [0.717, 1.165) is 36.7 Å². The van der Waals surface area contributed by atoms with Crippen molar-refractivity contribution in [3.8, 4) is 0 Å². The van der Waals surface area contributed by atoms with Gasteiger partial charge in [-0.05, 0) is 31.4 Å². The average Bonchev–Trinajstić information content (AvgIpc) is 3.35. The molecular formula is C20H26N6O2. The van der Waals surface area contributed by atoms with Crippen LogP contribution in [0.1, 0.15) is 68.9 Å². The van der Waals surface area contributed by atoms with Gasteiger partial charge >= 0.3 is 0 Å². The fraction of sp³-hybridized carbons (Fsp3) is 0.550. The summed E-state index contributed by atoms with van der Waals surface area (Å²) in [5.41, 5.74) is 0.848. The summed E-state index contributed by atoms with van der Waals surface area (Å²) >= 11 is 0. The van der Waals surface area contributed by atoms with Gasteiger partial charge in [0.25, 0.3) is 0 Å². The van der Waals surface area contributed by atoms with Gasteiger partial charge in [-0.25, -0.2) is 0 Å². The van der Waals surface area contributed by atoms with E-state index in [1.54, 1.807) is 0 Å². The van der Waals surface area contributed by atoms with E-state index in [1.807, 2.05) is 47.5 Å². The number of hydrogen-bond acceptors (Lipinski definition) is 6. The Morgan fingerprint density at radius 2 is 2.21 bits per heavy atom. The fourth-order valence-electron chi connectivity index (χ4n) is 3.71. The van der Waals surface area contributed by atoms with E-state index in [1.165, 1.54) is 0 Å². The first-order chi connectivity index (χ1) is 13.6. The molecule has 8 heteroatoms. The number of likely N-dealkylation sites (tertiary alicyclic amines) is 1. The van der Waals surface area contributed by atoms with Crippen LogP contribution < -0.4 is 0 Å². The number of aryl methyl sites for hydroxylation is 1. The number of aromatic nitrogens is 5. The standard InChI is InChI=1S/C20H26N6O2/c1-14(2)19-21-17(28-24-19)9-5-10-18(27)25-11-6-7-15(13-25)20-23-22-16-8-3-4-12-26(16)20/h3-4,8,12,14-15H,5-7,9-11,13H2,1-2H3. The van der Waals surface area contributed by atoms with Gasteiger partial charge in [-0.3, -0.25) is 9.20 Å². The Balaban J connectivity index is 1.33. The van der Waals surface area contributed by atoms with Crippen molar-refractivity contribution in [3.63, 3.8) is 0 Å². The molecular weight excluding hydrogens is 356 g/mol. The Hall–Kier alpha value is -2.77. The fourth-order valence-corrected chi connectivity index (χ4v) is 3.71. The maximum atomic E-state index is 12.7. The quantitative estimate of drug-likeness (QED) is 0.651. The summed E-state index contributed by atoms with van der Waals surface area (Å²) in [5, 5.41) is 12.6. The third kappa shape index (κ3) is 3.90. The lowest BCUT2D eigenvalue weighted by Crippen LogP contribution is -2.39. The number of amides is 1. The average molecular weight is 382 g/mol. The molecule has 8 nitrogen and oxygen atoms in total. The second-order valence-corrected chi connectivity index (χ2v) is 7.72. The predicted molar refractivity (Wildman–Crippen MR) is 103 cm³/mol. The highest BCUT2D eigenvalue weighted by molar-refractivity contribution is 5.76. The number of pyridine rings is 1. The van der Waals surface area contributed by atoms with E-state index in [2.05, 4.69) is 20.3 Å². The lowest BCUT2D eigenvalue weighted by atomic mass is 9.96. The molecule has 0 aromatic carbocycles. The van der Waals surface area contributed by atoms with Crippen molar-refractivity contribution >= 4 is 11.6 Å². The number of rotatable bonds is 6. The molecule has 3 aromatic heterocycles. The smallest absolute Gasteiger partial charge is 0.226 e. The molecule has 148 valence electrons. The summed E-state index contributed by atoms with van der Waals surface area (Å²) < 4.78 is 7.28. The van der Waals surface area contributed by atoms with E-state index >= 15 is 0 Å². The molecule has 1 atom stereocenters. The molecule has 1 fully saturated rings. The molecule has 1 aliphatic rings. The Morgan fingerprint density at radius 3 is 3.04 bits per heavy atom. The highest BCUT2D eigenvalue weighted by Gasteiger charge is 2.27. The summed E-state index contributed by atoms with van der Waals surface area (Å²) in [6.07, 6.45) is 5.85. The lowest BCUT2D eigenvalue weighted by molar-refractivity contribution is -0.132. The van der Waals surface area contributed by atoms with E-state index < -0.39 is 0 Å². The molecule has 0 saturated carbocycles. The van der Waals surface area contributed by atoms with Crippen LogP contribution in [-0.2, 0) is 11.2 Å². The normalized spacial score (nSPS) is 17.5. The molecule has 0 aliphatic carbocycles. The van der Waals surface area contributed by atoms with Gasteiger partial charge in [0.1, 0.15) is 5.82 Å². The number of hydrogen-bond donors (Lipinski definition) is 0. The molecule has 0 radical (unpaired) electrons. The van der Waals surface area contributed by atoms with Crippen LogP contribution in [0.25, 0.3) is 5.65 Å². The van der Waals surface area contributed by atoms with Crippen LogP contribution in [0.4, 0.5) is 0 Å². The van der Waals surface area contributed by atoms with Gasteiger partial charge in [-0.15, -0.1) is 10.2 Å². The van der Waals surface area contributed by atoms with Crippen LogP contribution in [0, 0.1) is 0 Å². The number of carbonyl (C=O) groups is 1. The van der Waals surface area contributed by atoms with Gasteiger partial charge in [0.15, 0.2) is 11.5 Å². The molecule has 1 unspecified atom stereocenters. The molecule has 1 saturated heterocycles. The maximum absolute atomic E-state index is 12.7. The molecule has 4 rings (SSSR count). The highest BCUT2D eigenvalue weighted by Crippen LogP contribution is 2.26. The molecule has 3 aromatic rings. The minimum atomic E-state index is 0.183. The molecule has 0 bridgehead atoms. The van der Waals surface area contributed by atoms with Crippen molar-refractivity contribution < 1.29 is 9.32 Å². The van der Waals surface area contributed by atoms with Gasteiger partial charge in [0.05, 0.1) is 0 Å². The van der Waals surface area contributed by atoms with Crippen molar-refractivity contribution in [1.82, 2.24) is 29.6 Å². The highest BCUT2D eigenvalue weighted by atomic mass is 16.5. The summed E-state index contributed by atoms with van der Waals surface area (Å²) in [5.74, 6) is 2.93. The zero-order chi connectivity index (χ0) is 19.5. The maximum Gasteiger partial charge on any atom is 0.226 e. The topological polar surface area (TPSA) is 89.4 Å². The van der Waals surface area contributed by atoms with E-state index in [9.17, 15) is 4.79 Å². The van der Waals surface area contributed by atoms with Crippen LogP contribution in [0.2, 0.25) is 0 Å². The lowest BCUT2D eigenvalue weighted by Gasteiger charge is -2.32. The third-order valence-corrected chi connectivity index (χ3v) is 5.26. The second-order valence-electron chi connectivity index (χ2n) is 7.72. The summed E-state index contributed by atoms with van der Waals surface area (Å²) in [7, 11) is 0. The van der Waals surface area contributed by atoms with Crippen molar-refractivity contribution in [2.75, 3.05) is 13.1 Å². The monoisotopic (exact) mass is 382 g/mol. The van der Waals surface area contributed by atoms with Gasteiger partial charge in [0, 0.05) is 44.0 Å². The minimum Gasteiger partial charge on any atom is -0.342 e. The van der Waals surface area contributed by atoms with Gasteiger partial charge in [-0.1, -0.05) is 25.1 Å². The van der Waals surface area contributed by atoms with Crippen molar-refractivity contribution in [2.45, 2.75) is 57.8 Å². The first-order valence-electron chi connectivity index (χ1n) is 10.0. The van der Waals surface area contributed by atoms with Crippen LogP contribution in [0.5, 0.6) is 0 Å². The molecule has 4 heterocycles. The largest absolute Gasteiger partial charge is 0.342 e. The van der Waals surface area contributed by atoms with Crippen LogP contribution in [-0.4, -0.2) is 48.6 Å². The van der Waals surface area contributed by atoms with Crippen molar-refractivity contribution in [1.29, 1.82) is 0 Å². The van der Waals surface area contributed by atoms with Crippen LogP contribution in [0.3, 0.4) is 0 Å². The number of piperidine rings is 1. The zero-order valence-electron chi connectivity index (χ0n) is 16.4. The van der Waals surface area contributed by atoms with Gasteiger partial charge < -0.3 is 9.42 Å². The summed E-state index contributed by atoms with van der Waals surface area (Å²) in [6.45, 7) is 5.57. The Kier molecular flexibility index (Phi) is 5.36. The first kappa shape index (κ1) is 18.6. The zero-order valence-corrected chi connectivity index (χ0v) is 16.4. The van der Waals surface area contributed by atoms with Crippen molar-refractivity contribution in [2.24, 2.45) is 0 Å². The van der Waals surface area contributed by atoms with Crippen LogP contribution >= 0.6 is 0 Å². The molecule has 1 amide bonds. The summed E-state index contributed by atoms with van der Waals surface area (Å²) in [6, 6.07) is 5.89. The molecule has 1 aliphatic heterocycles. The Labute approximate surface area is 163 Å². The van der Waals surface area contributed by atoms with Gasteiger partial charge in [0.2, 0.25) is 11.8 Å². The summed E-state index contributed by atoms with van der Waals surface area (Å²) in [4.78, 5) is 19.0. The number of fused-ring (bicyclic) bond motifs is 1. The van der Waals surface area contributed by atoms with Gasteiger partial charge in [-0.2, -0.15) is 4.98 Å². The second kappa shape index (κ2) is 8.08. The Morgan fingerprint density at radius 1 is 1.32 bits per heavy atom. The third-order valence-electron chi connectivity index (χ3n) is 5.26. The van der Waals surface area contributed by atoms with E-state index in [0.29, 0.717) is 31.7 Å². The first-order valence-corrected chi connectivity index (χ1v) is 10.0. The Bertz CT molecular complexity index is 947.